The van der Waals surface area contributed by atoms with Gasteiger partial charge in [0.2, 0.25) is 0 Å². The van der Waals surface area contributed by atoms with Gasteiger partial charge in [0, 0.05) is 0 Å². The highest BCUT2D eigenvalue weighted by Crippen LogP contribution is 2.32. The molecule has 0 heterocycles. The Kier molecular flexibility index (Phi) is 2.31. The summed E-state index contributed by atoms with van der Waals surface area (Å²) in [5, 5.41) is 9.63. The molecule has 100 valence electrons. The lowest BCUT2D eigenvalue weighted by Gasteiger charge is -2.08. The van der Waals surface area contributed by atoms with E-state index in [4.69, 9.17) is 0 Å². The zero-order valence-electron chi connectivity index (χ0n) is 11.9. The summed E-state index contributed by atoms with van der Waals surface area (Å²) in [6, 6.07) is 32.7. The van der Waals surface area contributed by atoms with E-state index in [0.29, 0.717) is 0 Å². The van der Waals surface area contributed by atoms with Gasteiger partial charge in [0.15, 0.2) is 0 Å². The molecule has 0 bridgehead atoms. The van der Waals surface area contributed by atoms with Crippen molar-refractivity contribution in [1.82, 2.24) is 0 Å². The van der Waals surface area contributed by atoms with Gasteiger partial charge in [-0.25, -0.2) is 0 Å². The Morgan fingerprint density at radius 3 is 2.09 bits per heavy atom. The zero-order valence-corrected chi connectivity index (χ0v) is 11.9. The minimum atomic E-state index is 1.12. The Morgan fingerprint density at radius 2 is 1.18 bits per heavy atom. The molecular weight excluding hydrogens is 264 g/mol. The molecular formula is C22H12. The molecule has 0 aliphatic rings. The lowest BCUT2D eigenvalue weighted by molar-refractivity contribution is 1.77. The van der Waals surface area contributed by atoms with Crippen molar-refractivity contribution in [2.75, 3.05) is 0 Å². The van der Waals surface area contributed by atoms with Crippen LogP contribution in [0.3, 0.4) is 0 Å². The molecule has 0 fully saturated rings. The molecule has 0 unspecified atom stereocenters. The third kappa shape index (κ3) is 1.58. The third-order valence-electron chi connectivity index (χ3n) is 4.38. The van der Waals surface area contributed by atoms with E-state index in [0.717, 1.165) is 21.5 Å². The molecule has 0 nitrogen and oxygen atoms in total. The smallest absolute Gasteiger partial charge is 0.000740 e. The Bertz CT molecular complexity index is 1160. The molecule has 0 atom stereocenters. The molecule has 0 spiro atoms. The van der Waals surface area contributed by atoms with E-state index in [-0.39, 0.29) is 0 Å². The van der Waals surface area contributed by atoms with Crippen molar-refractivity contribution in [2.24, 2.45) is 0 Å². The molecule has 0 aliphatic carbocycles. The van der Waals surface area contributed by atoms with Crippen LogP contribution >= 0.6 is 0 Å². The maximum Gasteiger partial charge on any atom is -0.000740 e. The monoisotopic (exact) mass is 276 g/mol. The maximum atomic E-state index is 3.59. The lowest BCUT2D eigenvalue weighted by atomic mass is 9.95. The van der Waals surface area contributed by atoms with Gasteiger partial charge in [0.1, 0.15) is 0 Å². The molecule has 0 saturated carbocycles. The highest BCUT2D eigenvalue weighted by Gasteiger charge is 2.06. The van der Waals surface area contributed by atoms with Crippen LogP contribution in [0.4, 0.5) is 0 Å². The molecule has 0 heteroatoms. The topological polar surface area (TPSA) is 0 Å². The number of hydrogen-bond donors (Lipinski definition) is 0. The van der Waals surface area contributed by atoms with Gasteiger partial charge in [-0.2, -0.15) is 0 Å². The Labute approximate surface area is 128 Å². The number of hydrogen-bond acceptors (Lipinski definition) is 0. The maximum absolute atomic E-state index is 3.59. The number of benzene rings is 5. The second-order valence-corrected chi connectivity index (χ2v) is 5.67. The summed E-state index contributed by atoms with van der Waals surface area (Å²) in [6.07, 6.45) is 0. The standard InChI is InChI=1S/C22H12/c1-2-7-17-14-22-18(13-16(17)6-1)10-12-20-19-8-4-3-5-15(19)9-11-21(20)22/h1-12H. The van der Waals surface area contributed by atoms with Gasteiger partial charge in [-0.3, -0.25) is 0 Å². The van der Waals surface area contributed by atoms with Crippen molar-refractivity contribution in [3.8, 4) is 0 Å². The summed E-state index contributed by atoms with van der Waals surface area (Å²) >= 11 is 0. The van der Waals surface area contributed by atoms with E-state index in [9.17, 15) is 0 Å². The largest absolute Gasteiger partial charge is 0.0616 e. The van der Waals surface area contributed by atoms with Crippen LogP contribution in [0, 0.1) is 12.1 Å². The van der Waals surface area contributed by atoms with Gasteiger partial charge in [0.05, 0.1) is 0 Å². The van der Waals surface area contributed by atoms with E-state index < -0.39 is 0 Å². The van der Waals surface area contributed by atoms with Crippen LogP contribution in [0.5, 0.6) is 0 Å². The Morgan fingerprint density at radius 1 is 0.455 bits per heavy atom. The van der Waals surface area contributed by atoms with E-state index in [1.165, 1.54) is 21.5 Å². The van der Waals surface area contributed by atoms with Crippen LogP contribution in [-0.2, 0) is 0 Å². The molecule has 22 heavy (non-hydrogen) atoms. The van der Waals surface area contributed by atoms with Crippen LogP contribution in [0.15, 0.2) is 72.8 Å². The van der Waals surface area contributed by atoms with Crippen molar-refractivity contribution < 1.29 is 0 Å². The van der Waals surface area contributed by atoms with Crippen molar-refractivity contribution in [3.63, 3.8) is 0 Å². The summed E-state index contributed by atoms with van der Waals surface area (Å²) in [5.74, 6) is 0. The van der Waals surface area contributed by atoms with Crippen LogP contribution in [0.2, 0.25) is 0 Å². The second-order valence-electron chi connectivity index (χ2n) is 5.67. The first-order chi connectivity index (χ1) is 10.9. The SMILES string of the molecule is [c]1c2ccccc2[c]c2c1ccc1c3ccccc3ccc21. The normalized spacial score (nSPS) is 11.6. The third-order valence-corrected chi connectivity index (χ3v) is 4.38. The van der Waals surface area contributed by atoms with Gasteiger partial charge in [-0.15, -0.1) is 0 Å². The fourth-order valence-electron chi connectivity index (χ4n) is 3.31. The number of rotatable bonds is 0. The molecule has 2 radical (unpaired) electrons. The average Bonchev–Trinajstić information content (AvgIpc) is 2.59. The van der Waals surface area contributed by atoms with Crippen molar-refractivity contribution >= 4 is 43.1 Å². The van der Waals surface area contributed by atoms with Crippen LogP contribution < -0.4 is 0 Å². The highest BCUT2D eigenvalue weighted by atomic mass is 14.1. The average molecular weight is 276 g/mol. The Hall–Kier alpha value is -2.86. The highest BCUT2D eigenvalue weighted by molar-refractivity contribution is 6.18. The van der Waals surface area contributed by atoms with Crippen molar-refractivity contribution in [1.29, 1.82) is 0 Å². The molecule has 0 aliphatic heterocycles. The lowest BCUT2D eigenvalue weighted by Crippen LogP contribution is -1.82. The molecule has 0 N–H and O–H groups in total. The van der Waals surface area contributed by atoms with E-state index in [1.54, 1.807) is 0 Å². The van der Waals surface area contributed by atoms with Crippen molar-refractivity contribution in [2.45, 2.75) is 0 Å². The molecule has 5 aromatic carbocycles. The molecule has 0 aromatic heterocycles. The summed E-state index contributed by atoms with van der Waals surface area (Å²) in [4.78, 5) is 0. The molecule has 0 saturated heterocycles. The van der Waals surface area contributed by atoms with Crippen LogP contribution in [-0.4, -0.2) is 0 Å². The van der Waals surface area contributed by atoms with Gasteiger partial charge in [0.25, 0.3) is 0 Å². The Balaban J connectivity index is 2.02. The summed E-state index contributed by atoms with van der Waals surface area (Å²) in [5.41, 5.74) is 0. The predicted molar refractivity (Wildman–Crippen MR) is 94.1 cm³/mol. The van der Waals surface area contributed by atoms with E-state index in [1.807, 2.05) is 6.07 Å². The number of fused-ring (bicyclic) bond motifs is 6. The minimum absolute atomic E-state index is 1.12. The van der Waals surface area contributed by atoms with Gasteiger partial charge in [-0.05, 0) is 55.2 Å². The first kappa shape index (κ1) is 11.8. The summed E-state index contributed by atoms with van der Waals surface area (Å²) in [6.45, 7) is 0. The van der Waals surface area contributed by atoms with Crippen LogP contribution in [0.1, 0.15) is 0 Å². The zero-order chi connectivity index (χ0) is 14.5. The quantitative estimate of drug-likeness (QED) is 0.244. The van der Waals surface area contributed by atoms with Gasteiger partial charge >= 0.3 is 0 Å². The molecule has 5 rings (SSSR count). The fraction of sp³-hybridized carbons (Fsp3) is 0. The van der Waals surface area contributed by atoms with E-state index >= 15 is 0 Å². The van der Waals surface area contributed by atoms with Gasteiger partial charge in [-0.1, -0.05) is 72.8 Å². The summed E-state index contributed by atoms with van der Waals surface area (Å²) < 4.78 is 0. The summed E-state index contributed by atoms with van der Waals surface area (Å²) in [7, 11) is 0. The van der Waals surface area contributed by atoms with Crippen LogP contribution in [0.25, 0.3) is 43.1 Å². The predicted octanol–water partition coefficient (Wildman–Crippen LogP) is 5.90. The second kappa shape index (κ2) is 4.32. The molecule has 5 aromatic rings. The van der Waals surface area contributed by atoms with E-state index in [2.05, 4.69) is 78.9 Å². The first-order valence-corrected chi connectivity index (χ1v) is 7.48. The fourth-order valence-corrected chi connectivity index (χ4v) is 3.31. The van der Waals surface area contributed by atoms with Crippen molar-refractivity contribution in [3.05, 3.63) is 84.9 Å². The molecule has 0 amide bonds. The first-order valence-electron chi connectivity index (χ1n) is 7.48. The van der Waals surface area contributed by atoms with Gasteiger partial charge < -0.3 is 0 Å². The minimum Gasteiger partial charge on any atom is -0.0616 e.